The molecule has 1 radical (unpaired) electrons. The Morgan fingerprint density at radius 3 is 2.56 bits per heavy atom. The molecule has 1 fully saturated rings. The first-order valence-corrected chi connectivity index (χ1v) is 6.38. The highest BCUT2D eigenvalue weighted by atomic mass is 16.5. The predicted octanol–water partition coefficient (Wildman–Crippen LogP) is 1.03. The van der Waals surface area contributed by atoms with Gasteiger partial charge in [-0.3, -0.25) is 4.79 Å². The molecule has 0 saturated carbocycles. The monoisotopic (exact) mass is 247 g/mol. The number of ether oxygens (including phenoxy) is 1. The van der Waals surface area contributed by atoms with Crippen molar-refractivity contribution in [3.05, 3.63) is 30.3 Å². The van der Waals surface area contributed by atoms with Crippen LogP contribution in [0.1, 0.15) is 6.92 Å². The Balaban J connectivity index is 1.75. The van der Waals surface area contributed by atoms with Gasteiger partial charge < -0.3 is 14.5 Å². The van der Waals surface area contributed by atoms with E-state index in [4.69, 9.17) is 4.74 Å². The zero-order valence-corrected chi connectivity index (χ0v) is 10.8. The van der Waals surface area contributed by atoms with Crippen molar-refractivity contribution in [2.75, 3.05) is 39.3 Å². The highest BCUT2D eigenvalue weighted by Gasteiger charge is 2.20. The standard InChI is InChI=1S/C14H19N2O2/c1-2-15-8-10-16(11-9-15)14(17)12-18-13-6-4-3-5-7-13/h4-7H,2,8-12H2,1H3. The molecular weight excluding hydrogens is 228 g/mol. The van der Waals surface area contributed by atoms with Gasteiger partial charge in [0.1, 0.15) is 5.75 Å². The second-order valence-electron chi connectivity index (χ2n) is 4.34. The molecule has 1 saturated heterocycles. The Bertz CT molecular complexity index is 373. The van der Waals surface area contributed by atoms with Gasteiger partial charge in [0, 0.05) is 26.2 Å². The van der Waals surface area contributed by atoms with E-state index in [-0.39, 0.29) is 12.5 Å². The van der Waals surface area contributed by atoms with Crippen LogP contribution in [0.4, 0.5) is 0 Å². The van der Waals surface area contributed by atoms with Gasteiger partial charge in [-0.05, 0) is 24.7 Å². The van der Waals surface area contributed by atoms with Crippen molar-refractivity contribution in [2.24, 2.45) is 0 Å². The van der Waals surface area contributed by atoms with E-state index >= 15 is 0 Å². The van der Waals surface area contributed by atoms with Gasteiger partial charge in [0.05, 0.1) is 0 Å². The largest absolute Gasteiger partial charge is 0.484 e. The van der Waals surface area contributed by atoms with Crippen LogP contribution in [0.2, 0.25) is 0 Å². The van der Waals surface area contributed by atoms with Crippen LogP contribution in [0.25, 0.3) is 0 Å². The van der Waals surface area contributed by atoms with Crippen LogP contribution in [-0.2, 0) is 4.79 Å². The number of likely N-dealkylation sites (N-methyl/N-ethyl adjacent to an activating group) is 1. The number of hydrogen-bond acceptors (Lipinski definition) is 3. The summed E-state index contributed by atoms with van der Waals surface area (Å²) in [6.45, 7) is 6.85. The molecule has 4 nitrogen and oxygen atoms in total. The lowest BCUT2D eigenvalue weighted by molar-refractivity contribution is -0.135. The molecule has 0 spiro atoms. The van der Waals surface area contributed by atoms with Crippen LogP contribution >= 0.6 is 0 Å². The number of hydrogen-bond donors (Lipinski definition) is 0. The first-order chi connectivity index (χ1) is 8.79. The van der Waals surface area contributed by atoms with Gasteiger partial charge in [0.15, 0.2) is 6.61 Å². The summed E-state index contributed by atoms with van der Waals surface area (Å²) in [5.41, 5.74) is 0. The number of piperazine rings is 1. The summed E-state index contributed by atoms with van der Waals surface area (Å²) in [5, 5.41) is 0. The highest BCUT2D eigenvalue weighted by molar-refractivity contribution is 5.77. The molecule has 97 valence electrons. The molecule has 1 aromatic rings. The average molecular weight is 247 g/mol. The third-order valence-electron chi connectivity index (χ3n) is 3.22. The molecule has 1 heterocycles. The second kappa shape index (κ2) is 6.40. The quantitative estimate of drug-likeness (QED) is 0.796. The van der Waals surface area contributed by atoms with Crippen LogP contribution in [-0.4, -0.2) is 55.0 Å². The molecule has 0 bridgehead atoms. The van der Waals surface area contributed by atoms with Crippen LogP contribution in [0.5, 0.6) is 5.75 Å². The van der Waals surface area contributed by atoms with Crippen LogP contribution in [0, 0.1) is 6.07 Å². The molecule has 4 heteroatoms. The Labute approximate surface area is 108 Å². The minimum absolute atomic E-state index is 0.0681. The van der Waals surface area contributed by atoms with E-state index in [9.17, 15) is 4.79 Å². The maximum absolute atomic E-state index is 11.9. The normalized spacial score (nSPS) is 16.6. The molecule has 0 aliphatic carbocycles. The van der Waals surface area contributed by atoms with Gasteiger partial charge in [-0.1, -0.05) is 19.1 Å². The molecule has 0 aromatic heterocycles. The fourth-order valence-electron chi connectivity index (χ4n) is 2.02. The molecule has 2 rings (SSSR count). The number of rotatable bonds is 4. The van der Waals surface area contributed by atoms with Crippen LogP contribution < -0.4 is 4.74 Å². The fourth-order valence-corrected chi connectivity index (χ4v) is 2.02. The number of nitrogens with zero attached hydrogens (tertiary/aromatic N) is 2. The van der Waals surface area contributed by atoms with Gasteiger partial charge in [0.2, 0.25) is 0 Å². The summed E-state index contributed by atoms with van der Waals surface area (Å²) in [7, 11) is 0. The molecule has 0 N–H and O–H groups in total. The van der Waals surface area contributed by atoms with Gasteiger partial charge >= 0.3 is 0 Å². The molecule has 1 aliphatic heterocycles. The SMILES string of the molecule is CCN1CCN(C(=O)COc2cc[c]cc2)CC1. The Kier molecular flexibility index (Phi) is 4.59. The second-order valence-corrected chi connectivity index (χ2v) is 4.34. The van der Waals surface area contributed by atoms with E-state index in [1.807, 2.05) is 17.0 Å². The lowest BCUT2D eigenvalue weighted by Gasteiger charge is -2.33. The molecule has 0 atom stereocenters. The minimum atomic E-state index is 0.0681. The molecule has 1 aliphatic rings. The summed E-state index contributed by atoms with van der Waals surface area (Å²) < 4.78 is 5.45. The Morgan fingerprint density at radius 2 is 1.94 bits per heavy atom. The van der Waals surface area contributed by atoms with Crippen molar-refractivity contribution in [3.8, 4) is 5.75 Å². The molecule has 18 heavy (non-hydrogen) atoms. The van der Waals surface area contributed by atoms with Crippen molar-refractivity contribution >= 4 is 5.91 Å². The summed E-state index contributed by atoms with van der Waals surface area (Å²) in [6.07, 6.45) is 0. The summed E-state index contributed by atoms with van der Waals surface area (Å²) in [5.74, 6) is 0.785. The van der Waals surface area contributed by atoms with Gasteiger partial charge in [0.25, 0.3) is 5.91 Å². The highest BCUT2D eigenvalue weighted by Crippen LogP contribution is 2.08. The molecular formula is C14H19N2O2. The van der Waals surface area contributed by atoms with Gasteiger partial charge in [-0.15, -0.1) is 0 Å². The minimum Gasteiger partial charge on any atom is -0.484 e. The summed E-state index contributed by atoms with van der Waals surface area (Å²) >= 11 is 0. The molecule has 1 amide bonds. The third-order valence-corrected chi connectivity index (χ3v) is 3.22. The third kappa shape index (κ3) is 3.47. The predicted molar refractivity (Wildman–Crippen MR) is 69.5 cm³/mol. The van der Waals surface area contributed by atoms with E-state index < -0.39 is 0 Å². The van der Waals surface area contributed by atoms with E-state index in [1.54, 1.807) is 12.1 Å². The Hall–Kier alpha value is -1.55. The topological polar surface area (TPSA) is 32.8 Å². The maximum atomic E-state index is 11.9. The van der Waals surface area contributed by atoms with Crippen LogP contribution in [0.3, 0.4) is 0 Å². The van der Waals surface area contributed by atoms with Crippen molar-refractivity contribution in [3.63, 3.8) is 0 Å². The molecule has 0 unspecified atom stereocenters. The summed E-state index contributed by atoms with van der Waals surface area (Å²) in [4.78, 5) is 16.2. The van der Waals surface area contributed by atoms with Crippen molar-refractivity contribution in [1.29, 1.82) is 0 Å². The lowest BCUT2D eigenvalue weighted by Crippen LogP contribution is -2.49. The zero-order chi connectivity index (χ0) is 12.8. The fraction of sp³-hybridized carbons (Fsp3) is 0.500. The number of benzene rings is 1. The Morgan fingerprint density at radius 1 is 1.28 bits per heavy atom. The lowest BCUT2D eigenvalue weighted by atomic mass is 10.3. The maximum Gasteiger partial charge on any atom is 0.260 e. The van der Waals surface area contributed by atoms with E-state index in [0.717, 1.165) is 32.7 Å². The van der Waals surface area contributed by atoms with Gasteiger partial charge in [-0.2, -0.15) is 0 Å². The molecule has 1 aromatic carbocycles. The number of carbonyl (C=O) groups excluding carboxylic acids is 1. The number of amides is 1. The summed E-state index contributed by atoms with van der Waals surface area (Å²) in [6, 6.07) is 10.1. The van der Waals surface area contributed by atoms with Crippen molar-refractivity contribution in [1.82, 2.24) is 9.80 Å². The smallest absolute Gasteiger partial charge is 0.260 e. The van der Waals surface area contributed by atoms with E-state index in [2.05, 4.69) is 17.9 Å². The van der Waals surface area contributed by atoms with E-state index in [0.29, 0.717) is 5.75 Å². The van der Waals surface area contributed by atoms with Crippen molar-refractivity contribution in [2.45, 2.75) is 6.92 Å². The first kappa shape index (κ1) is 12.9. The van der Waals surface area contributed by atoms with Crippen LogP contribution in [0.15, 0.2) is 24.3 Å². The van der Waals surface area contributed by atoms with Gasteiger partial charge in [-0.25, -0.2) is 0 Å². The first-order valence-electron chi connectivity index (χ1n) is 6.38. The van der Waals surface area contributed by atoms with Crippen molar-refractivity contribution < 1.29 is 9.53 Å². The number of carbonyl (C=O) groups is 1. The van der Waals surface area contributed by atoms with E-state index in [1.165, 1.54) is 0 Å². The zero-order valence-electron chi connectivity index (χ0n) is 10.8. The average Bonchev–Trinajstić information content (AvgIpc) is 2.46.